The van der Waals surface area contributed by atoms with Gasteiger partial charge < -0.3 is 19.6 Å². The number of hydrogen-bond acceptors (Lipinski definition) is 3. The molecule has 1 radical (unpaired) electrons. The molecule has 41 valence electrons. The Balaban J connectivity index is -0.00000000750. The van der Waals surface area contributed by atoms with Crippen LogP contribution in [0.25, 0.3) is 0 Å². The first kappa shape index (κ1) is 8.83. The molecule has 0 aromatic heterocycles. The van der Waals surface area contributed by atoms with Crippen LogP contribution in [0.2, 0.25) is 0 Å². The van der Waals surface area contributed by atoms with E-state index in [9.17, 15) is 0 Å². The summed E-state index contributed by atoms with van der Waals surface area (Å²) in [4.78, 5) is 8.25. The van der Waals surface area contributed by atoms with Crippen LogP contribution in [0.4, 0.5) is 0 Å². The normalized spacial score (nSPS) is 4.80. The summed E-state index contributed by atoms with van der Waals surface area (Å²) in [7, 11) is 0. The summed E-state index contributed by atoms with van der Waals surface area (Å²) in [5.74, 6) is 0. The molecule has 0 aromatic carbocycles. The molecule has 0 rings (SSSR count). The molecular weight excluding hydrogens is 126 g/mol. The standard InChI is InChI=1S/Cu.NO3.3H/c;2-1(3)4;;;/q;4*-1. The van der Waals surface area contributed by atoms with Gasteiger partial charge in [0.1, 0.15) is 0 Å². The van der Waals surface area contributed by atoms with Crippen molar-refractivity contribution in [2.75, 3.05) is 0 Å². The van der Waals surface area contributed by atoms with Crippen molar-refractivity contribution in [3.63, 3.8) is 0 Å². The van der Waals surface area contributed by atoms with Gasteiger partial charge in [0.25, 0.3) is 0 Å². The molecule has 0 saturated carbocycles. The zero-order chi connectivity index (χ0) is 3.58. The van der Waals surface area contributed by atoms with Crippen molar-refractivity contribution < 1.29 is 26.4 Å². The van der Waals surface area contributed by atoms with Crippen LogP contribution in [-0.2, 0) is 17.1 Å². The summed E-state index contributed by atoms with van der Waals surface area (Å²) >= 11 is 0. The fraction of sp³-hybridized carbons (Fsp3) is 0. The molecule has 0 bridgehead atoms. The molecule has 0 N–H and O–H groups in total. The monoisotopic (exact) mass is 128 g/mol. The van der Waals surface area contributed by atoms with Crippen LogP contribution in [0, 0.1) is 15.3 Å². The van der Waals surface area contributed by atoms with E-state index in [0.717, 1.165) is 0 Å². The molecule has 0 amide bonds. The zero-order valence-corrected chi connectivity index (χ0v) is 2.92. The van der Waals surface area contributed by atoms with Crippen LogP contribution < -0.4 is 0 Å². The van der Waals surface area contributed by atoms with E-state index in [1.54, 1.807) is 0 Å². The van der Waals surface area contributed by atoms with Gasteiger partial charge in [0.15, 0.2) is 0 Å². The minimum absolute atomic E-state index is 0. The van der Waals surface area contributed by atoms with E-state index in [1.165, 1.54) is 0 Å². The minimum Gasteiger partial charge on any atom is -1.00 e. The topological polar surface area (TPSA) is 66.2 Å². The molecule has 5 heavy (non-hydrogen) atoms. The van der Waals surface area contributed by atoms with Crippen molar-refractivity contribution >= 4 is 0 Å². The second kappa shape index (κ2) is 3.72. The molecule has 0 aliphatic carbocycles. The van der Waals surface area contributed by atoms with E-state index in [-0.39, 0.29) is 21.3 Å². The van der Waals surface area contributed by atoms with E-state index in [0.29, 0.717) is 0 Å². The maximum atomic E-state index is 8.25. The maximum Gasteiger partial charge on any atom is 0.0689 e. The van der Waals surface area contributed by atoms with Crippen LogP contribution >= 0.6 is 0 Å². The van der Waals surface area contributed by atoms with Crippen molar-refractivity contribution in [3.8, 4) is 0 Å². The summed E-state index contributed by atoms with van der Waals surface area (Å²) < 4.78 is 0. The predicted octanol–water partition coefficient (Wildman–Crippen LogP) is 0.0959. The Morgan fingerprint density at radius 1 is 1.60 bits per heavy atom. The van der Waals surface area contributed by atoms with Gasteiger partial charge in [0, 0.05) is 17.1 Å². The van der Waals surface area contributed by atoms with Gasteiger partial charge in [-0.25, -0.2) is 0 Å². The van der Waals surface area contributed by atoms with Crippen LogP contribution in [0.15, 0.2) is 0 Å². The summed E-state index contributed by atoms with van der Waals surface area (Å²) in [6.45, 7) is 0. The molecule has 0 atom stereocenters. The molecule has 0 fully saturated rings. The fourth-order valence-corrected chi connectivity index (χ4v) is 0. The van der Waals surface area contributed by atoms with E-state index >= 15 is 0 Å². The average molecular weight is 129 g/mol. The maximum absolute atomic E-state index is 8.25. The second-order valence-corrected chi connectivity index (χ2v) is 0.224. The van der Waals surface area contributed by atoms with Gasteiger partial charge in [-0.1, -0.05) is 0 Å². The Morgan fingerprint density at radius 3 is 1.60 bits per heavy atom. The van der Waals surface area contributed by atoms with Crippen molar-refractivity contribution in [2.45, 2.75) is 0 Å². The first-order valence-corrected chi connectivity index (χ1v) is 0.548. The second-order valence-electron chi connectivity index (χ2n) is 0.224. The zero-order valence-electron chi connectivity index (χ0n) is 4.97. The Morgan fingerprint density at radius 2 is 1.60 bits per heavy atom. The minimum atomic E-state index is -1.75. The van der Waals surface area contributed by atoms with E-state index in [1.807, 2.05) is 0 Å². The third-order valence-corrected chi connectivity index (χ3v) is 0. The van der Waals surface area contributed by atoms with Gasteiger partial charge in [0.05, 0.1) is 5.09 Å². The molecule has 0 aliphatic heterocycles. The molecule has 0 saturated heterocycles. The van der Waals surface area contributed by atoms with E-state index in [2.05, 4.69) is 0 Å². The Bertz CT molecular complexity index is 37.5. The van der Waals surface area contributed by atoms with Crippen molar-refractivity contribution in [2.24, 2.45) is 0 Å². The van der Waals surface area contributed by atoms with Crippen LogP contribution in [0.5, 0.6) is 0 Å². The number of hydrogen-bond donors (Lipinski definition) is 0. The first-order chi connectivity index (χ1) is 1.73. The summed E-state index contributed by atoms with van der Waals surface area (Å²) in [5, 5.41) is 14.8. The molecule has 0 unspecified atom stereocenters. The summed E-state index contributed by atoms with van der Waals surface area (Å²) in [6.07, 6.45) is 0. The molecule has 4 nitrogen and oxygen atoms in total. The van der Waals surface area contributed by atoms with Crippen LogP contribution in [-0.4, -0.2) is 5.09 Å². The number of rotatable bonds is 0. The van der Waals surface area contributed by atoms with Crippen molar-refractivity contribution in [3.05, 3.63) is 15.3 Å². The summed E-state index contributed by atoms with van der Waals surface area (Å²) in [5.41, 5.74) is 0. The quantitative estimate of drug-likeness (QED) is 0.264. The summed E-state index contributed by atoms with van der Waals surface area (Å²) in [6, 6.07) is 0. The molecule has 0 aliphatic rings. The first-order valence-electron chi connectivity index (χ1n) is 0.548. The van der Waals surface area contributed by atoms with Gasteiger partial charge in [-0.05, 0) is 0 Å². The van der Waals surface area contributed by atoms with Crippen molar-refractivity contribution in [1.82, 2.24) is 0 Å². The molecule has 5 heteroatoms. The molecule has 0 aromatic rings. The Labute approximate surface area is 42.8 Å². The van der Waals surface area contributed by atoms with E-state index < -0.39 is 5.09 Å². The van der Waals surface area contributed by atoms with Gasteiger partial charge >= 0.3 is 0 Å². The molecule has 0 spiro atoms. The van der Waals surface area contributed by atoms with Crippen molar-refractivity contribution in [1.29, 1.82) is 0 Å². The third-order valence-electron chi connectivity index (χ3n) is 0. The predicted molar refractivity (Wildman–Crippen MR) is 13.7 cm³/mol. The molecular formula is H3CuNO3-4. The average Bonchev–Trinajstić information content (AvgIpc) is 0.811. The number of nitrogens with zero attached hydrogens (tertiary/aromatic N) is 1. The van der Waals surface area contributed by atoms with Gasteiger partial charge in [0.2, 0.25) is 0 Å². The van der Waals surface area contributed by atoms with Crippen LogP contribution in [0.1, 0.15) is 4.28 Å². The third kappa shape index (κ3) is 140. The Kier molecular flexibility index (Phi) is 6.57. The largest absolute Gasteiger partial charge is 1.00 e. The van der Waals surface area contributed by atoms with Gasteiger partial charge in [-0.15, -0.1) is 0 Å². The molecule has 0 heterocycles. The van der Waals surface area contributed by atoms with Gasteiger partial charge in [-0.2, -0.15) is 0 Å². The van der Waals surface area contributed by atoms with Crippen LogP contribution in [0.3, 0.4) is 0 Å². The fourth-order valence-electron chi connectivity index (χ4n) is 0. The SMILES string of the molecule is O=[N+]([O-])[O-].[Cu].[H-].[H-].[H-]. The smallest absolute Gasteiger partial charge is 0.0689 e. The van der Waals surface area contributed by atoms with Gasteiger partial charge in [-0.3, -0.25) is 0 Å². The van der Waals surface area contributed by atoms with E-state index in [4.69, 9.17) is 15.3 Å². The Hall–Kier alpha value is -0.281.